The van der Waals surface area contributed by atoms with Crippen LogP contribution in [0.1, 0.15) is 31.4 Å². The first-order chi connectivity index (χ1) is 12.4. The van der Waals surface area contributed by atoms with Crippen LogP contribution in [-0.2, 0) is 32.1 Å². The Kier molecular flexibility index (Phi) is 3.89. The van der Waals surface area contributed by atoms with E-state index in [2.05, 4.69) is 10.2 Å². The lowest BCUT2D eigenvalue weighted by atomic mass is 9.63. The summed E-state index contributed by atoms with van der Waals surface area (Å²) in [5.74, 6) is -1.37. The lowest BCUT2D eigenvalue weighted by Gasteiger charge is -2.55. The van der Waals surface area contributed by atoms with Crippen LogP contribution in [0.25, 0.3) is 0 Å². The molecule has 26 heavy (non-hydrogen) atoms. The number of nitrogens with one attached hydrogen (secondary N) is 1. The van der Waals surface area contributed by atoms with Crippen molar-refractivity contribution in [3.05, 3.63) is 29.3 Å². The van der Waals surface area contributed by atoms with E-state index in [4.69, 9.17) is 10.5 Å². The molecule has 4 atom stereocenters. The predicted octanol–water partition coefficient (Wildman–Crippen LogP) is 0.286. The normalized spacial score (nSPS) is 33.7. The molecule has 1 spiro atoms. The van der Waals surface area contributed by atoms with Crippen molar-refractivity contribution in [3.8, 4) is 0 Å². The maximum Gasteiger partial charge on any atom is 0.242 e. The molecule has 1 aromatic carbocycles. The molecule has 1 aromatic rings. The number of nitrogens with two attached hydrogens (primary N) is 1. The second-order valence-electron chi connectivity index (χ2n) is 7.54. The molecule has 0 bridgehead atoms. The summed E-state index contributed by atoms with van der Waals surface area (Å²) in [7, 11) is 0. The van der Waals surface area contributed by atoms with Crippen LogP contribution in [0.15, 0.2) is 18.2 Å². The summed E-state index contributed by atoms with van der Waals surface area (Å²) in [6.07, 6.45) is -0.354. The Morgan fingerprint density at radius 2 is 2.08 bits per heavy atom. The van der Waals surface area contributed by atoms with Gasteiger partial charge in [0, 0.05) is 18.8 Å². The number of hydrogen-bond acceptors (Lipinski definition) is 6. The molecule has 0 aromatic heterocycles. The van der Waals surface area contributed by atoms with Crippen molar-refractivity contribution in [2.45, 2.75) is 51.5 Å². The van der Waals surface area contributed by atoms with Crippen LogP contribution in [0, 0.1) is 5.41 Å². The largest absolute Gasteiger partial charge is 0.372 e. The highest BCUT2D eigenvalue weighted by atomic mass is 16.5. The van der Waals surface area contributed by atoms with E-state index >= 15 is 0 Å². The molecule has 0 aliphatic carbocycles. The smallest absolute Gasteiger partial charge is 0.242 e. The number of anilines is 1. The van der Waals surface area contributed by atoms with Crippen molar-refractivity contribution in [2.24, 2.45) is 11.1 Å². The Balaban J connectivity index is 1.91. The third kappa shape index (κ3) is 2.30. The van der Waals surface area contributed by atoms with E-state index < -0.39 is 23.3 Å². The number of fused-ring (bicyclic) bond motifs is 4. The van der Waals surface area contributed by atoms with E-state index in [1.54, 1.807) is 0 Å². The van der Waals surface area contributed by atoms with E-state index in [0.717, 1.165) is 16.8 Å². The fourth-order valence-corrected chi connectivity index (χ4v) is 4.83. The number of Topliss-reactive ketones (excluding diaryl/α,β-unsaturated/α-hetero) is 1. The fourth-order valence-electron chi connectivity index (χ4n) is 4.83. The summed E-state index contributed by atoms with van der Waals surface area (Å²) in [6, 6.07) is 5.52. The topological polar surface area (TPSA) is 102 Å². The molecule has 2 saturated heterocycles. The molecule has 7 heteroatoms. The van der Waals surface area contributed by atoms with Gasteiger partial charge in [0.05, 0.1) is 24.7 Å². The number of hydrogen-bond donors (Lipinski definition) is 2. The molecule has 0 saturated carbocycles. The summed E-state index contributed by atoms with van der Waals surface area (Å²) in [4.78, 5) is 39.9. The van der Waals surface area contributed by atoms with Gasteiger partial charge in [-0.15, -0.1) is 0 Å². The Morgan fingerprint density at radius 3 is 2.77 bits per heavy atom. The Bertz CT molecular complexity index is 786. The van der Waals surface area contributed by atoms with Gasteiger partial charge >= 0.3 is 0 Å². The minimum Gasteiger partial charge on any atom is -0.372 e. The average molecular weight is 357 g/mol. The van der Waals surface area contributed by atoms with E-state index in [0.29, 0.717) is 13.1 Å². The summed E-state index contributed by atoms with van der Waals surface area (Å²) in [5, 5.41) is 2.39. The second-order valence-corrected chi connectivity index (χ2v) is 7.54. The monoisotopic (exact) mass is 357 g/mol. The highest BCUT2D eigenvalue weighted by Crippen LogP contribution is 2.47. The van der Waals surface area contributed by atoms with Crippen LogP contribution >= 0.6 is 0 Å². The van der Waals surface area contributed by atoms with Gasteiger partial charge in [-0.05, 0) is 37.5 Å². The highest BCUT2D eigenvalue weighted by molar-refractivity contribution is 6.22. The SMILES string of the molecule is C[C@@H]1CN2c3ccc(CN)cc3CC3(C(=O)CC(=O)NC3=O)[C@H]2[C@H](C)O1. The third-order valence-corrected chi connectivity index (χ3v) is 5.82. The van der Waals surface area contributed by atoms with Gasteiger partial charge in [0.15, 0.2) is 5.78 Å². The summed E-state index contributed by atoms with van der Waals surface area (Å²) in [6.45, 7) is 4.85. The molecule has 0 radical (unpaired) electrons. The van der Waals surface area contributed by atoms with E-state index in [1.165, 1.54) is 0 Å². The maximum atomic E-state index is 13.0. The van der Waals surface area contributed by atoms with Gasteiger partial charge in [-0.2, -0.15) is 0 Å². The molecule has 7 nitrogen and oxygen atoms in total. The van der Waals surface area contributed by atoms with Crippen LogP contribution < -0.4 is 16.0 Å². The number of nitrogens with zero attached hydrogens (tertiary/aromatic N) is 1. The molecule has 3 N–H and O–H groups in total. The number of morpholine rings is 1. The molecule has 4 rings (SSSR count). The molecule has 138 valence electrons. The number of piperidine rings is 1. The summed E-state index contributed by atoms with van der Waals surface area (Å²) >= 11 is 0. The first-order valence-corrected chi connectivity index (χ1v) is 8.98. The van der Waals surface area contributed by atoms with Crippen molar-refractivity contribution in [2.75, 3.05) is 11.4 Å². The number of ketones is 1. The first-order valence-electron chi connectivity index (χ1n) is 8.98. The zero-order valence-corrected chi connectivity index (χ0v) is 15.0. The number of carbonyl (C=O) groups excluding carboxylic acids is 3. The van der Waals surface area contributed by atoms with Crippen molar-refractivity contribution in [1.29, 1.82) is 0 Å². The standard InChI is InChI=1S/C19H23N3O4/c1-10-9-22-14-4-3-12(8-20)5-13(14)7-19(17(22)11(2)26-10)15(23)6-16(24)21-18(19)25/h3-5,10-11,17H,6-9,20H2,1-2H3,(H,21,24,25)/t10-,11+,17-,19?/m1/s1. The number of carbonyl (C=O) groups is 3. The fraction of sp³-hybridized carbons (Fsp3) is 0.526. The Labute approximate surface area is 151 Å². The molecule has 3 aliphatic rings. The van der Waals surface area contributed by atoms with Crippen LogP contribution in [-0.4, -0.2) is 42.4 Å². The Morgan fingerprint density at radius 1 is 1.31 bits per heavy atom. The van der Waals surface area contributed by atoms with Gasteiger partial charge in [-0.25, -0.2) is 0 Å². The molecule has 2 amide bonds. The molecule has 2 fully saturated rings. The molecule has 3 heterocycles. The van der Waals surface area contributed by atoms with Gasteiger partial charge < -0.3 is 15.4 Å². The molecule has 3 aliphatic heterocycles. The van der Waals surface area contributed by atoms with E-state index in [-0.39, 0.29) is 30.8 Å². The quantitative estimate of drug-likeness (QED) is 0.553. The Hall–Kier alpha value is -2.25. The minimum atomic E-state index is -1.31. The van der Waals surface area contributed by atoms with Crippen molar-refractivity contribution in [1.82, 2.24) is 5.32 Å². The predicted molar refractivity (Wildman–Crippen MR) is 94.4 cm³/mol. The van der Waals surface area contributed by atoms with E-state index in [1.807, 2.05) is 32.0 Å². The van der Waals surface area contributed by atoms with Crippen LogP contribution in [0.5, 0.6) is 0 Å². The maximum absolute atomic E-state index is 13.0. The van der Waals surface area contributed by atoms with Gasteiger partial charge in [-0.3, -0.25) is 19.7 Å². The lowest BCUT2D eigenvalue weighted by Crippen LogP contribution is -2.72. The second kappa shape index (κ2) is 5.89. The zero-order valence-electron chi connectivity index (χ0n) is 15.0. The average Bonchev–Trinajstić information content (AvgIpc) is 2.58. The zero-order chi connectivity index (χ0) is 18.6. The van der Waals surface area contributed by atoms with E-state index in [9.17, 15) is 14.4 Å². The number of benzene rings is 1. The van der Waals surface area contributed by atoms with Crippen LogP contribution in [0.3, 0.4) is 0 Å². The number of rotatable bonds is 1. The lowest BCUT2D eigenvalue weighted by molar-refractivity contribution is -0.158. The van der Waals surface area contributed by atoms with Gasteiger partial charge in [0.25, 0.3) is 0 Å². The third-order valence-electron chi connectivity index (χ3n) is 5.82. The van der Waals surface area contributed by atoms with Gasteiger partial charge in [0.2, 0.25) is 11.8 Å². The summed E-state index contributed by atoms with van der Waals surface area (Å²) in [5.41, 5.74) is 7.35. The van der Waals surface area contributed by atoms with Gasteiger partial charge in [-0.1, -0.05) is 12.1 Å². The first kappa shape index (κ1) is 17.2. The van der Waals surface area contributed by atoms with Crippen molar-refractivity contribution in [3.63, 3.8) is 0 Å². The molecular formula is C19H23N3O4. The van der Waals surface area contributed by atoms with Crippen molar-refractivity contribution < 1.29 is 19.1 Å². The number of imide groups is 1. The summed E-state index contributed by atoms with van der Waals surface area (Å²) < 4.78 is 5.99. The molecular weight excluding hydrogens is 334 g/mol. The minimum absolute atomic E-state index is 0.0261. The number of ether oxygens (including phenoxy) is 1. The molecule has 1 unspecified atom stereocenters. The number of amides is 2. The van der Waals surface area contributed by atoms with Crippen LogP contribution in [0.2, 0.25) is 0 Å². The van der Waals surface area contributed by atoms with Gasteiger partial charge in [0.1, 0.15) is 5.41 Å². The highest BCUT2D eigenvalue weighted by Gasteiger charge is 2.62. The van der Waals surface area contributed by atoms with Crippen LogP contribution in [0.4, 0.5) is 5.69 Å². The van der Waals surface area contributed by atoms with Crippen molar-refractivity contribution >= 4 is 23.3 Å².